The summed E-state index contributed by atoms with van der Waals surface area (Å²) in [6, 6.07) is 17.1. The summed E-state index contributed by atoms with van der Waals surface area (Å²) in [6.07, 6.45) is 1.57. The van der Waals surface area contributed by atoms with Gasteiger partial charge in [-0.05, 0) is 23.3 Å². The Morgan fingerprint density at radius 1 is 1.20 bits per heavy atom. The van der Waals surface area contributed by atoms with Gasteiger partial charge < -0.3 is 15.2 Å². The molecule has 0 saturated heterocycles. The van der Waals surface area contributed by atoms with E-state index in [2.05, 4.69) is 14.9 Å². The number of carbonyl (C=O) groups is 1. The van der Waals surface area contributed by atoms with Crippen molar-refractivity contribution >= 4 is 29.1 Å². The number of methoxy groups -OCH3 is 1. The molecular weight excluding hydrogens is 338 g/mol. The zero-order valence-electron chi connectivity index (χ0n) is 13.8. The fourth-order valence-electron chi connectivity index (χ4n) is 1.80. The molecule has 6 nitrogen and oxygen atoms in total. The van der Waals surface area contributed by atoms with Gasteiger partial charge in [-0.2, -0.15) is 5.10 Å². The van der Waals surface area contributed by atoms with Gasteiger partial charge in [-0.15, -0.1) is 5.10 Å². The fourth-order valence-corrected chi connectivity index (χ4v) is 2.41. The number of rotatable bonds is 7. The molecule has 2 aromatic carbocycles. The molecule has 0 radical (unpaired) electrons. The molecule has 0 aliphatic carbocycles. The van der Waals surface area contributed by atoms with E-state index in [9.17, 15) is 4.79 Å². The molecule has 0 aliphatic rings. The topological polar surface area (TPSA) is 86.3 Å². The first kappa shape index (κ1) is 18.5. The number of thioether (sulfide) groups is 1. The van der Waals surface area contributed by atoms with Crippen molar-refractivity contribution in [1.82, 2.24) is 0 Å². The predicted octanol–water partition coefficient (Wildman–Crippen LogP) is 2.82. The Kier molecular flexibility index (Phi) is 7.52. The molecule has 2 N–H and O–H groups in total. The first-order valence-corrected chi connectivity index (χ1v) is 8.49. The lowest BCUT2D eigenvalue weighted by atomic mass is 10.2. The number of hydrogen-bond donors (Lipinski definition) is 1. The number of ether oxygens (including phenoxy) is 2. The fraction of sp³-hybridized carbons (Fsp3) is 0.167. The Morgan fingerprint density at radius 2 is 2.00 bits per heavy atom. The van der Waals surface area contributed by atoms with Crippen LogP contribution in [0.4, 0.5) is 0 Å². The molecule has 130 valence electrons. The minimum absolute atomic E-state index is 0.141. The molecule has 0 aromatic heterocycles. The van der Waals surface area contributed by atoms with Gasteiger partial charge in [0.1, 0.15) is 5.75 Å². The van der Waals surface area contributed by atoms with E-state index in [1.165, 1.54) is 24.4 Å². The van der Waals surface area contributed by atoms with E-state index in [1.54, 1.807) is 24.4 Å². The Balaban J connectivity index is 1.86. The van der Waals surface area contributed by atoms with Crippen molar-refractivity contribution < 1.29 is 14.3 Å². The van der Waals surface area contributed by atoms with E-state index in [1.807, 2.05) is 36.4 Å². The van der Waals surface area contributed by atoms with Gasteiger partial charge in [0.15, 0.2) is 11.8 Å². The highest BCUT2D eigenvalue weighted by Gasteiger charge is 2.02. The summed E-state index contributed by atoms with van der Waals surface area (Å²) in [6.45, 7) is -0.141. The first-order valence-electron chi connectivity index (χ1n) is 7.50. The van der Waals surface area contributed by atoms with Crippen LogP contribution in [-0.4, -0.2) is 31.1 Å². The van der Waals surface area contributed by atoms with E-state index in [0.717, 1.165) is 11.3 Å². The largest absolute Gasteiger partial charge is 0.482 e. The molecule has 0 saturated carbocycles. The van der Waals surface area contributed by atoms with Crippen LogP contribution in [0.2, 0.25) is 0 Å². The lowest BCUT2D eigenvalue weighted by Gasteiger charge is -2.04. The van der Waals surface area contributed by atoms with Gasteiger partial charge in [0.25, 0.3) is 0 Å². The standard InChI is InChI=1S/C18H19N3O3S/c1-23-17(22)12-24-16-9-5-8-15(10-16)11-20-21-18(19)25-13-14-6-3-2-4-7-14/h2-11H,12-13H2,1H3,(H2,19,21). The molecule has 0 heterocycles. The van der Waals surface area contributed by atoms with E-state index in [0.29, 0.717) is 10.9 Å². The lowest BCUT2D eigenvalue weighted by Crippen LogP contribution is -2.12. The maximum atomic E-state index is 11.1. The Bertz CT molecular complexity index is 748. The van der Waals surface area contributed by atoms with Crippen LogP contribution < -0.4 is 10.5 Å². The van der Waals surface area contributed by atoms with Gasteiger partial charge in [-0.1, -0.05) is 54.2 Å². The maximum Gasteiger partial charge on any atom is 0.343 e. The third-order valence-corrected chi connectivity index (χ3v) is 3.89. The Hall–Kier alpha value is -2.80. The number of benzene rings is 2. The molecule has 0 amide bonds. The molecule has 25 heavy (non-hydrogen) atoms. The summed E-state index contributed by atoms with van der Waals surface area (Å²) in [7, 11) is 1.31. The van der Waals surface area contributed by atoms with E-state index in [4.69, 9.17) is 10.5 Å². The SMILES string of the molecule is COC(=O)COc1cccc(C=NN=C(N)SCc2ccccc2)c1. The zero-order valence-corrected chi connectivity index (χ0v) is 14.6. The summed E-state index contributed by atoms with van der Waals surface area (Å²) >= 11 is 1.42. The molecular formula is C18H19N3O3S. The molecule has 0 bridgehead atoms. The predicted molar refractivity (Wildman–Crippen MR) is 101 cm³/mol. The second-order valence-corrected chi connectivity index (χ2v) is 5.89. The van der Waals surface area contributed by atoms with Crippen LogP contribution in [0.25, 0.3) is 0 Å². The minimum Gasteiger partial charge on any atom is -0.482 e. The average molecular weight is 357 g/mol. The van der Waals surface area contributed by atoms with Crippen molar-refractivity contribution in [2.75, 3.05) is 13.7 Å². The zero-order chi connectivity index (χ0) is 17.9. The molecule has 2 rings (SSSR count). The molecule has 0 atom stereocenters. The second kappa shape index (κ2) is 10.1. The van der Waals surface area contributed by atoms with Crippen molar-refractivity contribution in [1.29, 1.82) is 0 Å². The van der Waals surface area contributed by atoms with Crippen molar-refractivity contribution in [3.63, 3.8) is 0 Å². The van der Waals surface area contributed by atoms with Gasteiger partial charge in [-0.3, -0.25) is 0 Å². The van der Waals surface area contributed by atoms with Gasteiger partial charge in [0.05, 0.1) is 13.3 Å². The number of nitrogens with zero attached hydrogens (tertiary/aromatic N) is 2. The second-order valence-electron chi connectivity index (χ2n) is 4.89. The van der Waals surface area contributed by atoms with Crippen LogP contribution in [0.15, 0.2) is 64.8 Å². The molecule has 7 heteroatoms. The van der Waals surface area contributed by atoms with Crippen LogP contribution in [0, 0.1) is 0 Å². The average Bonchev–Trinajstić information content (AvgIpc) is 2.65. The molecule has 0 spiro atoms. The number of nitrogens with two attached hydrogens (primary N) is 1. The summed E-state index contributed by atoms with van der Waals surface area (Å²) in [5, 5.41) is 8.33. The minimum atomic E-state index is -0.438. The van der Waals surface area contributed by atoms with Gasteiger partial charge in [-0.25, -0.2) is 4.79 Å². The first-order chi connectivity index (χ1) is 12.2. The summed E-state index contributed by atoms with van der Waals surface area (Å²) < 4.78 is 9.84. The summed E-state index contributed by atoms with van der Waals surface area (Å²) in [5.41, 5.74) is 7.79. The maximum absolute atomic E-state index is 11.1. The van der Waals surface area contributed by atoms with Gasteiger partial charge >= 0.3 is 5.97 Å². The number of hydrogen-bond acceptors (Lipinski definition) is 6. The highest BCUT2D eigenvalue weighted by atomic mass is 32.2. The lowest BCUT2D eigenvalue weighted by molar-refractivity contribution is -0.142. The number of esters is 1. The summed E-state index contributed by atoms with van der Waals surface area (Å²) in [5.74, 6) is 0.847. The quantitative estimate of drug-likeness (QED) is 0.356. The highest BCUT2D eigenvalue weighted by Crippen LogP contribution is 2.13. The van der Waals surface area contributed by atoms with Crippen LogP contribution in [0.5, 0.6) is 5.75 Å². The monoisotopic (exact) mass is 357 g/mol. The van der Waals surface area contributed by atoms with Crippen LogP contribution in [0.3, 0.4) is 0 Å². The van der Waals surface area contributed by atoms with Crippen LogP contribution >= 0.6 is 11.8 Å². The number of carbonyl (C=O) groups excluding carboxylic acids is 1. The van der Waals surface area contributed by atoms with Gasteiger partial charge in [0.2, 0.25) is 0 Å². The van der Waals surface area contributed by atoms with Gasteiger partial charge in [0, 0.05) is 5.75 Å². The smallest absolute Gasteiger partial charge is 0.343 e. The normalized spacial score (nSPS) is 11.5. The van der Waals surface area contributed by atoms with Crippen molar-refractivity contribution in [2.45, 2.75) is 5.75 Å². The molecule has 2 aromatic rings. The van der Waals surface area contributed by atoms with Crippen molar-refractivity contribution in [3.05, 3.63) is 65.7 Å². The Morgan fingerprint density at radius 3 is 2.76 bits per heavy atom. The van der Waals surface area contributed by atoms with E-state index < -0.39 is 5.97 Å². The van der Waals surface area contributed by atoms with E-state index in [-0.39, 0.29) is 6.61 Å². The molecule has 0 aliphatic heterocycles. The van der Waals surface area contributed by atoms with Crippen LogP contribution in [0.1, 0.15) is 11.1 Å². The third kappa shape index (κ3) is 7.09. The van der Waals surface area contributed by atoms with Crippen molar-refractivity contribution in [3.8, 4) is 5.75 Å². The van der Waals surface area contributed by atoms with Crippen molar-refractivity contribution in [2.24, 2.45) is 15.9 Å². The highest BCUT2D eigenvalue weighted by molar-refractivity contribution is 8.13. The van der Waals surface area contributed by atoms with E-state index >= 15 is 0 Å². The molecule has 0 unspecified atom stereocenters. The third-order valence-electron chi connectivity index (χ3n) is 3.04. The molecule has 0 fully saturated rings. The Labute approximate surface area is 150 Å². The van der Waals surface area contributed by atoms with Crippen LogP contribution in [-0.2, 0) is 15.3 Å². The number of amidine groups is 1. The summed E-state index contributed by atoms with van der Waals surface area (Å²) in [4.78, 5) is 11.1.